The molecule has 6 heteroatoms. The highest BCUT2D eigenvalue weighted by atomic mass is 16.6. The van der Waals surface area contributed by atoms with Gasteiger partial charge in [-0.1, -0.05) is 207 Å². The SMILES string of the molecule is CC/C=C\C/C=C\C/C=C\CC(=O)OCC(COC(=O)CCCCCCCCCCCC/C=C\C=C/CCCCC)OC(=O)CCC/C=C\C/C=C\C/C=C\C/C=C\CCCCC. The highest BCUT2D eigenvalue weighted by Gasteiger charge is 2.19. The van der Waals surface area contributed by atoms with Crippen molar-refractivity contribution in [3.63, 3.8) is 0 Å². The molecule has 1 atom stereocenters. The van der Waals surface area contributed by atoms with Gasteiger partial charge in [0.05, 0.1) is 6.42 Å². The Morgan fingerprint density at radius 1 is 0.365 bits per heavy atom. The Morgan fingerprint density at radius 3 is 1.25 bits per heavy atom. The van der Waals surface area contributed by atoms with E-state index < -0.39 is 18.0 Å². The lowest BCUT2D eigenvalue weighted by molar-refractivity contribution is -0.166. The molecule has 0 radical (unpaired) electrons. The van der Waals surface area contributed by atoms with Crippen molar-refractivity contribution in [3.8, 4) is 0 Å². The summed E-state index contributed by atoms with van der Waals surface area (Å²) >= 11 is 0. The third-order valence-electron chi connectivity index (χ3n) is 10.3. The lowest BCUT2D eigenvalue weighted by atomic mass is 10.1. The second kappa shape index (κ2) is 50.7. The van der Waals surface area contributed by atoms with Gasteiger partial charge in [0, 0.05) is 12.8 Å². The minimum Gasteiger partial charge on any atom is -0.462 e. The van der Waals surface area contributed by atoms with E-state index in [9.17, 15) is 14.4 Å². The molecule has 0 aromatic rings. The van der Waals surface area contributed by atoms with E-state index >= 15 is 0 Å². The Morgan fingerprint density at radius 2 is 0.746 bits per heavy atom. The summed E-state index contributed by atoms with van der Waals surface area (Å²) in [6.07, 6.45) is 68.3. The van der Waals surface area contributed by atoms with E-state index in [4.69, 9.17) is 14.2 Å². The lowest BCUT2D eigenvalue weighted by Crippen LogP contribution is -2.30. The van der Waals surface area contributed by atoms with Gasteiger partial charge in [-0.05, 0) is 96.3 Å². The molecule has 6 nitrogen and oxygen atoms in total. The van der Waals surface area contributed by atoms with Crippen LogP contribution in [0.5, 0.6) is 0 Å². The lowest BCUT2D eigenvalue weighted by Gasteiger charge is -2.18. The molecule has 0 spiro atoms. The van der Waals surface area contributed by atoms with Crippen LogP contribution in [0, 0.1) is 0 Å². The molecule has 0 aliphatic rings. The summed E-state index contributed by atoms with van der Waals surface area (Å²) in [7, 11) is 0. The maximum atomic E-state index is 12.7. The zero-order valence-electron chi connectivity index (χ0n) is 40.5. The first-order valence-electron chi connectivity index (χ1n) is 25.4. The Kier molecular flexibility index (Phi) is 47.5. The Bertz CT molecular complexity index is 1330. The fraction of sp³-hybridized carbons (Fsp3) is 0.632. The molecule has 0 bridgehead atoms. The van der Waals surface area contributed by atoms with Gasteiger partial charge < -0.3 is 14.2 Å². The van der Waals surface area contributed by atoms with Crippen LogP contribution in [0.4, 0.5) is 0 Å². The fourth-order valence-electron chi connectivity index (χ4n) is 6.48. The number of ether oxygens (including phenoxy) is 3. The number of unbranched alkanes of at least 4 members (excludes halogenated alkanes) is 17. The second-order valence-corrected chi connectivity index (χ2v) is 16.4. The van der Waals surface area contributed by atoms with E-state index in [-0.39, 0.29) is 32.0 Å². The van der Waals surface area contributed by atoms with E-state index in [1.54, 1.807) is 6.08 Å². The standard InChI is InChI=1S/C57H92O6/c1-4-7-10-13-16-19-21-23-25-27-28-30-31-33-35-38-41-44-47-50-56(59)62-53-54(52-61-55(58)49-46-43-40-37-18-15-12-9-6-3)63-57(60)51-48-45-42-39-36-34-32-29-26-24-22-20-17-14-11-8-5-2/h9,12,16-21,23-24,26,32,34,37,39,42-43,46,54H,4-8,10-11,13-15,22,25,27-31,33,35-36,38,40-41,44-45,47-53H2,1-3H3/b12-9-,19-16-,20-17-,23-21-,26-24-,34-32-,37-18-,42-39-,46-43-. The van der Waals surface area contributed by atoms with E-state index in [1.807, 2.05) is 6.08 Å². The highest BCUT2D eigenvalue weighted by Crippen LogP contribution is 2.13. The molecule has 0 aliphatic heterocycles. The first-order valence-corrected chi connectivity index (χ1v) is 25.4. The molecule has 1 unspecified atom stereocenters. The van der Waals surface area contributed by atoms with Gasteiger partial charge in [0.25, 0.3) is 0 Å². The van der Waals surface area contributed by atoms with Crippen LogP contribution in [0.2, 0.25) is 0 Å². The van der Waals surface area contributed by atoms with Crippen molar-refractivity contribution in [2.75, 3.05) is 13.2 Å². The molecular weight excluding hydrogens is 781 g/mol. The normalized spacial score (nSPS) is 13.0. The maximum Gasteiger partial charge on any atom is 0.309 e. The van der Waals surface area contributed by atoms with E-state index in [0.717, 1.165) is 64.2 Å². The summed E-state index contributed by atoms with van der Waals surface area (Å²) in [5.74, 6) is -1.13. The smallest absolute Gasteiger partial charge is 0.309 e. The average molecular weight is 873 g/mol. The highest BCUT2D eigenvalue weighted by molar-refractivity contribution is 5.72. The van der Waals surface area contributed by atoms with Gasteiger partial charge in [-0.25, -0.2) is 0 Å². The van der Waals surface area contributed by atoms with Crippen LogP contribution in [0.25, 0.3) is 0 Å². The number of rotatable bonds is 44. The summed E-state index contributed by atoms with van der Waals surface area (Å²) in [5, 5.41) is 0. The molecule has 0 rings (SSSR count). The summed E-state index contributed by atoms with van der Waals surface area (Å²) in [4.78, 5) is 37.8. The Balaban J connectivity index is 4.46. The number of carbonyl (C=O) groups excluding carboxylic acids is 3. The summed E-state index contributed by atoms with van der Waals surface area (Å²) in [5.41, 5.74) is 0. The van der Waals surface area contributed by atoms with Crippen molar-refractivity contribution in [2.24, 2.45) is 0 Å². The van der Waals surface area contributed by atoms with Gasteiger partial charge in [0.15, 0.2) is 6.10 Å². The van der Waals surface area contributed by atoms with Gasteiger partial charge in [0.1, 0.15) is 13.2 Å². The maximum absolute atomic E-state index is 12.7. The molecule has 0 N–H and O–H groups in total. The fourth-order valence-corrected chi connectivity index (χ4v) is 6.48. The zero-order chi connectivity index (χ0) is 45.8. The molecule has 0 saturated heterocycles. The van der Waals surface area contributed by atoms with Crippen LogP contribution < -0.4 is 0 Å². The number of esters is 3. The first kappa shape index (κ1) is 59.1. The largest absolute Gasteiger partial charge is 0.462 e. The monoisotopic (exact) mass is 873 g/mol. The van der Waals surface area contributed by atoms with Crippen LogP contribution >= 0.6 is 0 Å². The van der Waals surface area contributed by atoms with Crippen molar-refractivity contribution in [1.29, 1.82) is 0 Å². The van der Waals surface area contributed by atoms with Crippen molar-refractivity contribution < 1.29 is 28.6 Å². The predicted octanol–water partition coefficient (Wildman–Crippen LogP) is 16.8. The van der Waals surface area contributed by atoms with Crippen molar-refractivity contribution in [2.45, 2.75) is 219 Å². The van der Waals surface area contributed by atoms with E-state index in [0.29, 0.717) is 12.8 Å². The molecule has 0 fully saturated rings. The molecule has 0 saturated carbocycles. The van der Waals surface area contributed by atoms with Gasteiger partial charge in [0.2, 0.25) is 0 Å². The Labute approximate surface area is 387 Å². The van der Waals surface area contributed by atoms with Gasteiger partial charge in [-0.2, -0.15) is 0 Å². The van der Waals surface area contributed by atoms with Crippen LogP contribution in [-0.2, 0) is 28.6 Å². The quantitative estimate of drug-likeness (QED) is 0.0199. The van der Waals surface area contributed by atoms with Crippen LogP contribution in [0.15, 0.2) is 109 Å². The van der Waals surface area contributed by atoms with E-state index in [2.05, 4.69) is 118 Å². The summed E-state index contributed by atoms with van der Waals surface area (Å²) in [6, 6.07) is 0. The predicted molar refractivity (Wildman–Crippen MR) is 270 cm³/mol. The molecule has 0 aromatic carbocycles. The third-order valence-corrected chi connectivity index (χ3v) is 10.3. The third kappa shape index (κ3) is 49.0. The minimum absolute atomic E-state index is 0.120. The molecule has 63 heavy (non-hydrogen) atoms. The molecular formula is C57H92O6. The second-order valence-electron chi connectivity index (χ2n) is 16.4. The number of hydrogen-bond donors (Lipinski definition) is 0. The minimum atomic E-state index is -0.844. The van der Waals surface area contributed by atoms with Gasteiger partial charge in [-0.3, -0.25) is 14.4 Å². The van der Waals surface area contributed by atoms with Crippen molar-refractivity contribution in [3.05, 3.63) is 109 Å². The van der Waals surface area contributed by atoms with Gasteiger partial charge >= 0.3 is 17.9 Å². The van der Waals surface area contributed by atoms with Crippen molar-refractivity contribution >= 4 is 17.9 Å². The van der Waals surface area contributed by atoms with Crippen LogP contribution in [0.3, 0.4) is 0 Å². The zero-order valence-corrected chi connectivity index (χ0v) is 40.5. The number of allylic oxidation sites excluding steroid dienone is 17. The van der Waals surface area contributed by atoms with E-state index in [1.165, 1.54) is 103 Å². The van der Waals surface area contributed by atoms with Crippen LogP contribution in [0.1, 0.15) is 213 Å². The molecule has 0 amide bonds. The number of hydrogen-bond acceptors (Lipinski definition) is 6. The Hall–Kier alpha value is -3.93. The first-order chi connectivity index (χ1) is 31.0. The molecule has 356 valence electrons. The van der Waals surface area contributed by atoms with Gasteiger partial charge in [-0.15, -0.1) is 0 Å². The van der Waals surface area contributed by atoms with Crippen molar-refractivity contribution in [1.82, 2.24) is 0 Å². The average Bonchev–Trinajstić information content (AvgIpc) is 3.28. The topological polar surface area (TPSA) is 78.9 Å². The molecule has 0 aromatic heterocycles. The molecule has 0 aliphatic carbocycles. The summed E-state index contributed by atoms with van der Waals surface area (Å²) < 4.78 is 16.6. The number of carbonyl (C=O) groups is 3. The van der Waals surface area contributed by atoms with Crippen LogP contribution in [-0.4, -0.2) is 37.2 Å². The molecule has 0 heterocycles. The summed E-state index contributed by atoms with van der Waals surface area (Å²) in [6.45, 7) is 6.30.